The van der Waals surface area contributed by atoms with Gasteiger partial charge in [0, 0.05) is 31.1 Å². The number of benzene rings is 2. The molecule has 0 unspecified atom stereocenters. The van der Waals surface area contributed by atoms with E-state index >= 15 is 0 Å². The Morgan fingerprint density at radius 3 is 2.61 bits per heavy atom. The topological polar surface area (TPSA) is 94.8 Å². The average Bonchev–Trinajstić information content (AvgIpc) is 3.46. The molecule has 5 rings (SSSR count). The van der Waals surface area contributed by atoms with E-state index in [0.29, 0.717) is 24.5 Å². The Kier molecular flexibility index (Phi) is 4.91. The van der Waals surface area contributed by atoms with Gasteiger partial charge in [0.15, 0.2) is 5.82 Å². The number of nitrogens with zero attached hydrogens (tertiary/aromatic N) is 4. The summed E-state index contributed by atoms with van der Waals surface area (Å²) in [6.07, 6.45) is 2.94. The summed E-state index contributed by atoms with van der Waals surface area (Å²) < 4.78 is 1.68. The summed E-state index contributed by atoms with van der Waals surface area (Å²) in [5, 5.41) is 15.9. The molecule has 1 saturated heterocycles. The zero-order valence-electron chi connectivity index (χ0n) is 17.1. The molecule has 31 heavy (non-hydrogen) atoms. The third-order valence-corrected chi connectivity index (χ3v) is 6.19. The Bertz CT molecular complexity index is 1210. The third-order valence-electron chi connectivity index (χ3n) is 6.19. The van der Waals surface area contributed by atoms with Crippen LogP contribution in [0.3, 0.4) is 0 Å². The Balaban J connectivity index is 1.34. The molecule has 0 radical (unpaired) electrons. The predicted octanol–water partition coefficient (Wildman–Crippen LogP) is 3.04. The molecule has 1 atom stereocenters. The molecule has 0 spiro atoms. The van der Waals surface area contributed by atoms with Crippen molar-refractivity contribution in [3.8, 4) is 28.6 Å². The zero-order valence-corrected chi connectivity index (χ0v) is 17.1. The van der Waals surface area contributed by atoms with Crippen LogP contribution in [0.2, 0.25) is 0 Å². The summed E-state index contributed by atoms with van der Waals surface area (Å²) in [7, 11) is 0. The lowest BCUT2D eigenvalue weighted by molar-refractivity contribution is -0.131. The maximum Gasteiger partial charge on any atom is 0.343 e. The number of H-pyrrole nitrogens is 1. The van der Waals surface area contributed by atoms with E-state index in [-0.39, 0.29) is 23.4 Å². The lowest BCUT2D eigenvalue weighted by atomic mass is 10.0. The minimum atomic E-state index is -0.229. The van der Waals surface area contributed by atoms with Gasteiger partial charge in [-0.25, -0.2) is 9.89 Å². The smallest absolute Gasteiger partial charge is 0.342 e. The third kappa shape index (κ3) is 3.89. The van der Waals surface area contributed by atoms with Gasteiger partial charge in [-0.1, -0.05) is 36.4 Å². The molecule has 156 valence electrons. The molecule has 2 heterocycles. The summed E-state index contributed by atoms with van der Waals surface area (Å²) >= 11 is 0. The van der Waals surface area contributed by atoms with Crippen LogP contribution in [0, 0.1) is 23.2 Å². The Morgan fingerprint density at radius 1 is 1.10 bits per heavy atom. The second-order valence-electron chi connectivity index (χ2n) is 8.45. The molecular formula is C24H23N5O2. The van der Waals surface area contributed by atoms with Crippen LogP contribution in [-0.4, -0.2) is 38.7 Å². The number of nitrogens with one attached hydrogen (secondary N) is 1. The van der Waals surface area contributed by atoms with Crippen LogP contribution in [0.5, 0.6) is 0 Å². The first kappa shape index (κ1) is 19.3. The van der Waals surface area contributed by atoms with Crippen molar-refractivity contribution in [2.75, 3.05) is 13.1 Å². The van der Waals surface area contributed by atoms with Crippen LogP contribution in [0.15, 0.2) is 53.3 Å². The van der Waals surface area contributed by atoms with E-state index in [1.807, 2.05) is 47.4 Å². The highest BCUT2D eigenvalue weighted by atomic mass is 16.2. The quantitative estimate of drug-likeness (QED) is 0.696. The van der Waals surface area contributed by atoms with Crippen LogP contribution in [-0.2, 0) is 11.3 Å². The molecule has 2 aromatic carbocycles. The molecular weight excluding hydrogens is 390 g/mol. The second kappa shape index (κ2) is 7.88. The van der Waals surface area contributed by atoms with Crippen LogP contribution in [0.25, 0.3) is 22.5 Å². The van der Waals surface area contributed by atoms with Crippen molar-refractivity contribution in [1.82, 2.24) is 19.7 Å². The predicted molar refractivity (Wildman–Crippen MR) is 116 cm³/mol. The summed E-state index contributed by atoms with van der Waals surface area (Å²) in [4.78, 5) is 26.7. The number of hydrogen-bond acceptors (Lipinski definition) is 4. The fourth-order valence-corrected chi connectivity index (χ4v) is 4.32. The lowest BCUT2D eigenvalue weighted by Gasteiger charge is -2.16. The SMILES string of the molecule is N#Cc1cccc(-c2ccc(-c3n[nH]c(=O)n3C[C@@H]3CCN(C(=O)C4CC4)C3)cc2)c1. The number of rotatable bonds is 5. The van der Waals surface area contributed by atoms with Crippen molar-refractivity contribution < 1.29 is 4.79 Å². The summed E-state index contributed by atoms with van der Waals surface area (Å²) in [5.74, 6) is 1.37. The van der Waals surface area contributed by atoms with Crippen molar-refractivity contribution >= 4 is 5.91 Å². The molecule has 1 amide bonds. The first-order valence-corrected chi connectivity index (χ1v) is 10.7. The first-order valence-electron chi connectivity index (χ1n) is 10.7. The largest absolute Gasteiger partial charge is 0.343 e. The van der Waals surface area contributed by atoms with Gasteiger partial charge in [0.25, 0.3) is 0 Å². The van der Waals surface area contributed by atoms with Gasteiger partial charge in [-0.2, -0.15) is 10.4 Å². The van der Waals surface area contributed by atoms with E-state index in [1.54, 1.807) is 10.6 Å². The van der Waals surface area contributed by atoms with Crippen molar-refractivity contribution in [3.05, 3.63) is 64.6 Å². The first-order chi connectivity index (χ1) is 15.1. The van der Waals surface area contributed by atoms with E-state index in [1.165, 1.54) is 0 Å². The van der Waals surface area contributed by atoms with Crippen LogP contribution < -0.4 is 5.69 Å². The van der Waals surface area contributed by atoms with E-state index in [0.717, 1.165) is 42.5 Å². The number of amides is 1. The van der Waals surface area contributed by atoms with Crippen molar-refractivity contribution in [3.63, 3.8) is 0 Å². The summed E-state index contributed by atoms with van der Waals surface area (Å²) in [6.45, 7) is 2.03. The van der Waals surface area contributed by atoms with Gasteiger partial charge in [-0.15, -0.1) is 0 Å². The highest BCUT2D eigenvalue weighted by Gasteiger charge is 2.36. The average molecular weight is 413 g/mol. The molecule has 1 saturated carbocycles. The van der Waals surface area contributed by atoms with Gasteiger partial charge in [0.1, 0.15) is 0 Å². The minimum absolute atomic E-state index is 0.229. The van der Waals surface area contributed by atoms with E-state index in [2.05, 4.69) is 16.3 Å². The molecule has 3 aromatic rings. The van der Waals surface area contributed by atoms with Gasteiger partial charge < -0.3 is 4.90 Å². The second-order valence-corrected chi connectivity index (χ2v) is 8.45. The number of aromatic amines is 1. The molecule has 1 aliphatic carbocycles. The van der Waals surface area contributed by atoms with E-state index in [4.69, 9.17) is 5.26 Å². The van der Waals surface area contributed by atoms with Crippen LogP contribution >= 0.6 is 0 Å². The molecule has 7 heteroatoms. The highest BCUT2D eigenvalue weighted by molar-refractivity contribution is 5.81. The lowest BCUT2D eigenvalue weighted by Crippen LogP contribution is -2.31. The fourth-order valence-electron chi connectivity index (χ4n) is 4.32. The van der Waals surface area contributed by atoms with Crippen LogP contribution in [0.1, 0.15) is 24.8 Å². The Labute approximate surface area is 179 Å². The van der Waals surface area contributed by atoms with Crippen molar-refractivity contribution in [2.45, 2.75) is 25.8 Å². The van der Waals surface area contributed by atoms with E-state index in [9.17, 15) is 9.59 Å². The van der Waals surface area contributed by atoms with Gasteiger partial charge in [-0.05, 0) is 48.4 Å². The number of carbonyl (C=O) groups is 1. The molecule has 2 fully saturated rings. The van der Waals surface area contributed by atoms with Gasteiger partial charge >= 0.3 is 5.69 Å². The maximum atomic E-state index is 12.4. The number of carbonyl (C=O) groups excluding carboxylic acids is 1. The van der Waals surface area contributed by atoms with E-state index < -0.39 is 0 Å². The highest BCUT2D eigenvalue weighted by Crippen LogP contribution is 2.33. The standard InChI is InChI=1S/C24H23N5O2/c25-13-16-2-1-3-21(12-16)18-4-6-19(7-5-18)22-26-27-24(31)29(22)15-17-10-11-28(14-17)23(30)20-8-9-20/h1-7,12,17,20H,8-11,14-15H2,(H,27,31)/t17-/m1/s1. The molecule has 0 bridgehead atoms. The molecule has 2 aliphatic rings. The molecule has 1 aromatic heterocycles. The number of hydrogen-bond donors (Lipinski definition) is 1. The minimum Gasteiger partial charge on any atom is -0.342 e. The number of likely N-dealkylation sites (tertiary alicyclic amines) is 1. The summed E-state index contributed by atoms with van der Waals surface area (Å²) in [5.41, 5.74) is 3.20. The zero-order chi connectivity index (χ0) is 21.4. The normalized spacial score (nSPS) is 18.2. The van der Waals surface area contributed by atoms with Crippen LogP contribution in [0.4, 0.5) is 0 Å². The molecule has 1 aliphatic heterocycles. The van der Waals surface area contributed by atoms with Gasteiger partial charge in [0.2, 0.25) is 5.91 Å². The van der Waals surface area contributed by atoms with Crippen molar-refractivity contribution in [2.24, 2.45) is 11.8 Å². The maximum absolute atomic E-state index is 12.4. The Hall–Kier alpha value is -3.66. The summed E-state index contributed by atoms with van der Waals surface area (Å²) in [6, 6.07) is 17.5. The monoisotopic (exact) mass is 413 g/mol. The fraction of sp³-hybridized carbons (Fsp3) is 0.333. The van der Waals surface area contributed by atoms with Gasteiger partial charge in [-0.3, -0.25) is 9.36 Å². The molecule has 1 N–H and O–H groups in total. The van der Waals surface area contributed by atoms with Crippen molar-refractivity contribution in [1.29, 1.82) is 5.26 Å². The molecule has 7 nitrogen and oxygen atoms in total. The number of nitriles is 1. The number of aromatic nitrogens is 3. The van der Waals surface area contributed by atoms with Gasteiger partial charge in [0.05, 0.1) is 11.6 Å². The Morgan fingerprint density at radius 2 is 1.87 bits per heavy atom.